The van der Waals surface area contributed by atoms with Crippen LogP contribution in [0.5, 0.6) is 5.75 Å². The molecule has 3 rings (SSSR count). The first-order valence-electron chi connectivity index (χ1n) is 10.1. The van der Waals surface area contributed by atoms with Crippen molar-refractivity contribution in [2.75, 3.05) is 18.4 Å². The van der Waals surface area contributed by atoms with Gasteiger partial charge in [0.05, 0.1) is 28.4 Å². The highest BCUT2D eigenvalue weighted by Gasteiger charge is 2.25. The topological polar surface area (TPSA) is 105 Å². The lowest BCUT2D eigenvalue weighted by atomic mass is 10.2. The predicted molar refractivity (Wildman–Crippen MR) is 124 cm³/mol. The molecule has 2 aromatic carbocycles. The first-order chi connectivity index (χ1) is 15.2. The number of carbonyl (C=O) groups is 1. The molecule has 0 saturated heterocycles. The molecule has 0 spiro atoms. The molecule has 32 heavy (non-hydrogen) atoms. The number of rotatable bonds is 8. The maximum atomic E-state index is 13.0. The number of halogens is 1. The Morgan fingerprint density at radius 1 is 1.16 bits per heavy atom. The zero-order valence-electron chi connectivity index (χ0n) is 18.0. The van der Waals surface area contributed by atoms with E-state index in [0.717, 1.165) is 5.56 Å². The van der Waals surface area contributed by atoms with Gasteiger partial charge in [-0.05, 0) is 30.7 Å². The molecule has 8 nitrogen and oxygen atoms in total. The number of aromatic nitrogens is 2. The molecule has 1 heterocycles. The summed E-state index contributed by atoms with van der Waals surface area (Å²) in [5.74, 6) is -0.859. The maximum absolute atomic E-state index is 13.0. The van der Waals surface area contributed by atoms with Gasteiger partial charge in [0.1, 0.15) is 10.9 Å². The molecular formula is C22H25ClN4O4S. The normalized spacial score (nSPS) is 11.7. The lowest BCUT2D eigenvalue weighted by Gasteiger charge is -2.19. The minimum Gasteiger partial charge on any atom is -0.506 e. The highest BCUT2D eigenvalue weighted by Crippen LogP contribution is 2.30. The van der Waals surface area contributed by atoms with E-state index in [-0.39, 0.29) is 27.0 Å². The van der Waals surface area contributed by atoms with E-state index in [1.165, 1.54) is 27.2 Å². The standard InChI is InChI=1S/C22H25ClN4O4S/c1-4-26(5-2)32(30,31)17-11-12-19(28)18(13-17)24-22(29)20-15(3)25-27(21(20)23)14-16-9-7-6-8-10-16/h6-13,28H,4-5,14H2,1-3H3,(H,24,29). The minimum atomic E-state index is -3.76. The van der Waals surface area contributed by atoms with Crippen LogP contribution in [0, 0.1) is 6.92 Å². The Labute approximate surface area is 192 Å². The number of nitrogens with zero attached hydrogens (tertiary/aromatic N) is 3. The van der Waals surface area contributed by atoms with Gasteiger partial charge in [-0.25, -0.2) is 13.1 Å². The Morgan fingerprint density at radius 3 is 2.44 bits per heavy atom. The molecule has 0 aliphatic rings. The van der Waals surface area contributed by atoms with Crippen LogP contribution in [0.15, 0.2) is 53.4 Å². The molecule has 3 aromatic rings. The van der Waals surface area contributed by atoms with E-state index in [1.54, 1.807) is 20.8 Å². The lowest BCUT2D eigenvalue weighted by Crippen LogP contribution is -2.30. The van der Waals surface area contributed by atoms with Crippen molar-refractivity contribution in [3.8, 4) is 5.75 Å². The number of anilines is 1. The molecule has 0 atom stereocenters. The van der Waals surface area contributed by atoms with E-state index >= 15 is 0 Å². The Morgan fingerprint density at radius 2 is 1.81 bits per heavy atom. The van der Waals surface area contributed by atoms with Crippen molar-refractivity contribution in [2.45, 2.75) is 32.2 Å². The summed E-state index contributed by atoms with van der Waals surface area (Å²) in [4.78, 5) is 12.9. The van der Waals surface area contributed by atoms with Crippen molar-refractivity contribution in [2.24, 2.45) is 0 Å². The number of amides is 1. The summed E-state index contributed by atoms with van der Waals surface area (Å²) in [6, 6.07) is 13.3. The number of phenols is 1. The van der Waals surface area contributed by atoms with Crippen molar-refractivity contribution in [1.82, 2.24) is 14.1 Å². The quantitative estimate of drug-likeness (QED) is 0.480. The van der Waals surface area contributed by atoms with Crippen LogP contribution in [-0.2, 0) is 16.6 Å². The fourth-order valence-electron chi connectivity index (χ4n) is 3.35. The molecule has 0 fully saturated rings. The van der Waals surface area contributed by atoms with Gasteiger partial charge in [0.25, 0.3) is 5.91 Å². The van der Waals surface area contributed by atoms with Gasteiger partial charge >= 0.3 is 0 Å². The van der Waals surface area contributed by atoms with E-state index in [9.17, 15) is 18.3 Å². The number of aryl methyl sites for hydroxylation is 1. The van der Waals surface area contributed by atoms with E-state index in [4.69, 9.17) is 11.6 Å². The highest BCUT2D eigenvalue weighted by molar-refractivity contribution is 7.89. The van der Waals surface area contributed by atoms with Crippen LogP contribution in [0.3, 0.4) is 0 Å². The SMILES string of the molecule is CCN(CC)S(=O)(=O)c1ccc(O)c(NC(=O)c2c(C)nn(Cc3ccccc3)c2Cl)c1. The van der Waals surface area contributed by atoms with Gasteiger partial charge < -0.3 is 10.4 Å². The summed E-state index contributed by atoms with van der Waals surface area (Å²) in [5, 5.41) is 17.3. The summed E-state index contributed by atoms with van der Waals surface area (Å²) < 4.78 is 28.4. The van der Waals surface area contributed by atoms with Crippen LogP contribution in [0.25, 0.3) is 0 Å². The van der Waals surface area contributed by atoms with Crippen molar-refractivity contribution < 1.29 is 18.3 Å². The number of carbonyl (C=O) groups excluding carboxylic acids is 1. The number of nitrogens with one attached hydrogen (secondary N) is 1. The molecular weight excluding hydrogens is 452 g/mol. The van der Waals surface area contributed by atoms with Gasteiger partial charge in [-0.2, -0.15) is 9.40 Å². The van der Waals surface area contributed by atoms with Crippen molar-refractivity contribution in [3.63, 3.8) is 0 Å². The number of sulfonamides is 1. The molecule has 2 N–H and O–H groups in total. The van der Waals surface area contributed by atoms with Crippen LogP contribution < -0.4 is 5.32 Å². The van der Waals surface area contributed by atoms with Gasteiger partial charge in [0.2, 0.25) is 10.0 Å². The maximum Gasteiger partial charge on any atom is 0.260 e. The van der Waals surface area contributed by atoms with Crippen molar-refractivity contribution >= 4 is 33.2 Å². The van der Waals surface area contributed by atoms with Crippen molar-refractivity contribution in [3.05, 3.63) is 70.5 Å². The summed E-state index contributed by atoms with van der Waals surface area (Å²) in [5.41, 5.74) is 1.50. The summed E-state index contributed by atoms with van der Waals surface area (Å²) in [6.45, 7) is 6.12. The van der Waals surface area contributed by atoms with Crippen LogP contribution >= 0.6 is 11.6 Å². The smallest absolute Gasteiger partial charge is 0.260 e. The Balaban J connectivity index is 1.89. The molecule has 1 aromatic heterocycles. The molecule has 0 unspecified atom stereocenters. The number of hydrogen-bond acceptors (Lipinski definition) is 5. The molecule has 0 radical (unpaired) electrons. The fourth-order valence-corrected chi connectivity index (χ4v) is 5.15. The molecule has 1 amide bonds. The summed E-state index contributed by atoms with van der Waals surface area (Å²) in [6.07, 6.45) is 0. The van der Waals surface area contributed by atoms with Crippen LogP contribution in [0.4, 0.5) is 5.69 Å². The predicted octanol–water partition coefficient (Wildman–Crippen LogP) is 3.88. The number of hydrogen-bond donors (Lipinski definition) is 2. The van der Waals surface area contributed by atoms with Crippen LogP contribution in [0.2, 0.25) is 5.15 Å². The van der Waals surface area contributed by atoms with Gasteiger partial charge in [0, 0.05) is 13.1 Å². The first-order valence-corrected chi connectivity index (χ1v) is 11.9. The third kappa shape index (κ3) is 4.79. The van der Waals surface area contributed by atoms with Crippen molar-refractivity contribution in [1.29, 1.82) is 0 Å². The third-order valence-corrected chi connectivity index (χ3v) is 7.46. The van der Waals surface area contributed by atoms with Gasteiger partial charge in [-0.3, -0.25) is 4.79 Å². The Bertz CT molecular complexity index is 1220. The minimum absolute atomic E-state index is 0.0307. The zero-order valence-corrected chi connectivity index (χ0v) is 19.6. The second kappa shape index (κ2) is 9.72. The van der Waals surface area contributed by atoms with E-state index in [0.29, 0.717) is 25.3 Å². The van der Waals surface area contributed by atoms with Crippen LogP contribution in [-0.4, -0.2) is 46.6 Å². The second-order valence-corrected chi connectivity index (χ2v) is 9.41. The number of benzene rings is 2. The summed E-state index contributed by atoms with van der Waals surface area (Å²) >= 11 is 6.44. The molecule has 0 bridgehead atoms. The summed E-state index contributed by atoms with van der Waals surface area (Å²) in [7, 11) is -3.76. The van der Waals surface area contributed by atoms with Gasteiger partial charge in [-0.15, -0.1) is 0 Å². The number of aromatic hydroxyl groups is 1. The number of phenolic OH excluding ortho intramolecular Hbond substituents is 1. The second-order valence-electron chi connectivity index (χ2n) is 7.12. The van der Waals surface area contributed by atoms with E-state index < -0.39 is 15.9 Å². The molecule has 170 valence electrons. The Kier molecular flexibility index (Phi) is 7.22. The van der Waals surface area contributed by atoms with E-state index in [2.05, 4.69) is 10.4 Å². The van der Waals surface area contributed by atoms with Gasteiger partial charge in [-0.1, -0.05) is 55.8 Å². The average molecular weight is 477 g/mol. The first kappa shape index (κ1) is 23.8. The average Bonchev–Trinajstić information content (AvgIpc) is 3.03. The monoisotopic (exact) mass is 476 g/mol. The largest absolute Gasteiger partial charge is 0.506 e. The van der Waals surface area contributed by atoms with Gasteiger partial charge in [0.15, 0.2) is 0 Å². The molecule has 0 aliphatic heterocycles. The Hall–Kier alpha value is -2.88. The molecule has 0 saturated carbocycles. The fraction of sp³-hybridized carbons (Fsp3) is 0.273. The lowest BCUT2D eigenvalue weighted by molar-refractivity contribution is 0.102. The van der Waals surface area contributed by atoms with Crippen LogP contribution in [0.1, 0.15) is 35.5 Å². The third-order valence-electron chi connectivity index (χ3n) is 5.03. The molecule has 0 aliphatic carbocycles. The highest BCUT2D eigenvalue weighted by atomic mass is 35.5. The molecule has 10 heteroatoms. The van der Waals surface area contributed by atoms with E-state index in [1.807, 2.05) is 30.3 Å². The zero-order chi connectivity index (χ0) is 23.5.